The van der Waals surface area contributed by atoms with Crippen molar-refractivity contribution in [3.63, 3.8) is 0 Å². The van der Waals surface area contributed by atoms with Gasteiger partial charge in [0, 0.05) is 11.8 Å². The Morgan fingerprint density at radius 1 is 1.06 bits per heavy atom. The minimum Gasteiger partial charge on any atom is -0.332 e. The number of fused-ring (bicyclic) bond motifs is 3. The van der Waals surface area contributed by atoms with Crippen LogP contribution in [0.25, 0.3) is 39.5 Å². The SMILES string of the molecule is N#Cc1c(Cl)ccc2c1n(Cc1ccccn1)c(=O)c1c(-c3nc(-c4ccc(F)cc4)no3)ncn12. The highest BCUT2D eigenvalue weighted by Gasteiger charge is 2.23. The maximum atomic E-state index is 13.9. The van der Waals surface area contributed by atoms with Gasteiger partial charge in [0.1, 0.15) is 23.7 Å². The highest BCUT2D eigenvalue weighted by atomic mass is 35.5. The van der Waals surface area contributed by atoms with Crippen molar-refractivity contribution in [2.45, 2.75) is 6.54 Å². The van der Waals surface area contributed by atoms with Crippen LogP contribution in [0.1, 0.15) is 11.3 Å². The van der Waals surface area contributed by atoms with Crippen LogP contribution in [0.5, 0.6) is 0 Å². The number of imidazole rings is 1. The zero-order valence-electron chi connectivity index (χ0n) is 18.3. The number of nitriles is 1. The van der Waals surface area contributed by atoms with E-state index in [9.17, 15) is 14.4 Å². The normalized spacial score (nSPS) is 11.2. The van der Waals surface area contributed by atoms with Gasteiger partial charge in [-0.1, -0.05) is 22.8 Å². The second-order valence-electron chi connectivity index (χ2n) is 7.86. The van der Waals surface area contributed by atoms with Gasteiger partial charge in [-0.25, -0.2) is 9.37 Å². The summed E-state index contributed by atoms with van der Waals surface area (Å²) in [6.45, 7) is 0.0942. The number of hydrogen-bond donors (Lipinski definition) is 0. The van der Waals surface area contributed by atoms with E-state index in [1.165, 1.54) is 35.2 Å². The second-order valence-corrected chi connectivity index (χ2v) is 8.26. The standard InChI is InChI=1S/C25H13ClFN7O2/c26-18-8-9-19-21(17(18)11-28)33(12-16-3-1-2-10-29-16)25(35)22-20(30-13-34(19)22)24-31-23(32-36-24)14-4-6-15(27)7-5-14/h1-10,13H,12H2. The summed E-state index contributed by atoms with van der Waals surface area (Å²) in [5.74, 6) is -0.147. The van der Waals surface area contributed by atoms with Gasteiger partial charge in [0.2, 0.25) is 5.82 Å². The van der Waals surface area contributed by atoms with Crippen LogP contribution < -0.4 is 5.56 Å². The Balaban J connectivity index is 1.61. The van der Waals surface area contributed by atoms with Crippen LogP contribution in [0.2, 0.25) is 5.02 Å². The Morgan fingerprint density at radius 2 is 1.89 bits per heavy atom. The van der Waals surface area contributed by atoms with Crippen molar-refractivity contribution in [1.29, 1.82) is 5.26 Å². The van der Waals surface area contributed by atoms with Crippen molar-refractivity contribution in [3.8, 4) is 29.0 Å². The molecule has 0 bridgehead atoms. The van der Waals surface area contributed by atoms with E-state index in [1.807, 2.05) is 6.07 Å². The van der Waals surface area contributed by atoms with Gasteiger partial charge in [-0.05, 0) is 48.5 Å². The quantitative estimate of drug-likeness (QED) is 0.353. The second kappa shape index (κ2) is 8.41. The molecule has 0 N–H and O–H groups in total. The number of nitrogens with zero attached hydrogens (tertiary/aromatic N) is 7. The van der Waals surface area contributed by atoms with Crippen molar-refractivity contribution < 1.29 is 8.91 Å². The van der Waals surface area contributed by atoms with E-state index in [0.29, 0.717) is 22.3 Å². The van der Waals surface area contributed by atoms with Gasteiger partial charge in [0.25, 0.3) is 11.4 Å². The molecule has 0 fully saturated rings. The smallest absolute Gasteiger partial charge is 0.279 e. The molecule has 6 aromatic rings. The van der Waals surface area contributed by atoms with Crippen LogP contribution in [0.4, 0.5) is 4.39 Å². The highest BCUT2D eigenvalue weighted by molar-refractivity contribution is 6.32. The van der Waals surface area contributed by atoms with Gasteiger partial charge in [-0.15, -0.1) is 0 Å². The first-order chi connectivity index (χ1) is 17.5. The molecule has 0 atom stereocenters. The molecule has 0 aliphatic heterocycles. The fourth-order valence-electron chi connectivity index (χ4n) is 4.09. The number of benzene rings is 2. The average Bonchev–Trinajstić information content (AvgIpc) is 3.55. The van der Waals surface area contributed by atoms with Crippen LogP contribution in [0, 0.1) is 17.1 Å². The summed E-state index contributed by atoms with van der Waals surface area (Å²) in [5, 5.41) is 14.0. The summed E-state index contributed by atoms with van der Waals surface area (Å²) in [7, 11) is 0. The molecule has 11 heteroatoms. The van der Waals surface area contributed by atoms with E-state index < -0.39 is 5.56 Å². The minimum absolute atomic E-state index is 0.0205. The highest BCUT2D eigenvalue weighted by Crippen LogP contribution is 2.29. The van der Waals surface area contributed by atoms with Crippen molar-refractivity contribution in [2.24, 2.45) is 0 Å². The van der Waals surface area contributed by atoms with Gasteiger partial charge in [-0.2, -0.15) is 10.2 Å². The molecule has 6 rings (SSSR count). The van der Waals surface area contributed by atoms with Gasteiger partial charge < -0.3 is 4.52 Å². The topological polar surface area (TPSA) is 115 Å². The van der Waals surface area contributed by atoms with E-state index >= 15 is 0 Å². The Kier molecular flexibility index (Phi) is 5.05. The lowest BCUT2D eigenvalue weighted by molar-refractivity contribution is 0.431. The molecular weight excluding hydrogens is 485 g/mol. The maximum absolute atomic E-state index is 13.9. The molecule has 0 radical (unpaired) electrons. The van der Waals surface area contributed by atoms with Crippen LogP contribution in [-0.2, 0) is 6.54 Å². The molecule has 0 aliphatic carbocycles. The number of pyridine rings is 1. The molecule has 0 saturated carbocycles. The van der Waals surface area contributed by atoms with E-state index in [4.69, 9.17) is 16.1 Å². The van der Waals surface area contributed by atoms with Crippen molar-refractivity contribution >= 4 is 28.2 Å². The van der Waals surface area contributed by atoms with E-state index in [2.05, 4.69) is 26.2 Å². The van der Waals surface area contributed by atoms with Gasteiger partial charge >= 0.3 is 0 Å². The molecule has 36 heavy (non-hydrogen) atoms. The van der Waals surface area contributed by atoms with E-state index in [1.54, 1.807) is 34.9 Å². The van der Waals surface area contributed by atoms with Crippen molar-refractivity contribution in [3.05, 3.63) is 99.6 Å². The monoisotopic (exact) mass is 497 g/mol. The van der Waals surface area contributed by atoms with Gasteiger partial charge in [0.15, 0.2) is 5.69 Å². The number of halogens is 2. The van der Waals surface area contributed by atoms with Crippen LogP contribution in [0.15, 0.2) is 76.4 Å². The molecule has 0 unspecified atom stereocenters. The third-order valence-electron chi connectivity index (χ3n) is 5.74. The molecule has 2 aromatic carbocycles. The lowest BCUT2D eigenvalue weighted by atomic mass is 10.1. The van der Waals surface area contributed by atoms with Crippen LogP contribution >= 0.6 is 11.6 Å². The average molecular weight is 498 g/mol. The number of rotatable bonds is 4. The molecule has 174 valence electrons. The zero-order valence-corrected chi connectivity index (χ0v) is 19.0. The summed E-state index contributed by atoms with van der Waals surface area (Å²) in [6, 6.07) is 16.4. The number of aromatic nitrogens is 6. The van der Waals surface area contributed by atoms with E-state index in [0.717, 1.165) is 0 Å². The van der Waals surface area contributed by atoms with Crippen molar-refractivity contribution in [2.75, 3.05) is 0 Å². The first kappa shape index (κ1) is 21.6. The molecule has 4 heterocycles. The Hall–Kier alpha value is -4.88. The summed E-state index contributed by atoms with van der Waals surface area (Å²) in [4.78, 5) is 27.0. The maximum Gasteiger partial charge on any atom is 0.279 e. The molecule has 0 amide bonds. The molecular formula is C25H13ClFN7O2. The predicted octanol–water partition coefficient (Wildman–Crippen LogP) is 4.47. The Labute approximate surface area is 206 Å². The summed E-state index contributed by atoms with van der Waals surface area (Å²) >= 11 is 6.32. The summed E-state index contributed by atoms with van der Waals surface area (Å²) < 4.78 is 21.7. The fraction of sp³-hybridized carbons (Fsp3) is 0.0400. The molecule has 0 saturated heterocycles. The summed E-state index contributed by atoms with van der Waals surface area (Å²) in [6.07, 6.45) is 3.08. The van der Waals surface area contributed by atoms with Crippen LogP contribution in [-0.4, -0.2) is 29.1 Å². The largest absolute Gasteiger partial charge is 0.332 e. The lowest BCUT2D eigenvalue weighted by Crippen LogP contribution is -2.24. The lowest BCUT2D eigenvalue weighted by Gasteiger charge is -2.14. The molecule has 0 spiro atoms. The number of hydrogen-bond acceptors (Lipinski definition) is 7. The van der Waals surface area contributed by atoms with Gasteiger partial charge in [-0.3, -0.25) is 18.7 Å². The first-order valence-corrected chi connectivity index (χ1v) is 11.0. The molecule has 4 aromatic heterocycles. The predicted molar refractivity (Wildman–Crippen MR) is 129 cm³/mol. The minimum atomic E-state index is -0.444. The van der Waals surface area contributed by atoms with E-state index in [-0.39, 0.29) is 45.9 Å². The third-order valence-corrected chi connectivity index (χ3v) is 6.05. The molecule has 9 nitrogen and oxygen atoms in total. The molecule has 0 aliphatic rings. The Morgan fingerprint density at radius 3 is 2.64 bits per heavy atom. The third kappa shape index (κ3) is 3.41. The van der Waals surface area contributed by atoms with Gasteiger partial charge in [0.05, 0.1) is 33.9 Å². The Bertz CT molecular complexity index is 1870. The van der Waals surface area contributed by atoms with Crippen LogP contribution in [0.3, 0.4) is 0 Å². The zero-order chi connectivity index (χ0) is 24.8. The summed E-state index contributed by atoms with van der Waals surface area (Å²) in [5.41, 5.74) is 2.13. The first-order valence-electron chi connectivity index (χ1n) is 10.7. The fourth-order valence-corrected chi connectivity index (χ4v) is 4.29. The van der Waals surface area contributed by atoms with Crippen molar-refractivity contribution in [1.82, 2.24) is 29.1 Å².